The van der Waals surface area contributed by atoms with Gasteiger partial charge in [-0.2, -0.15) is 0 Å². The van der Waals surface area contributed by atoms with Crippen LogP contribution in [0.5, 0.6) is 0 Å². The minimum atomic E-state index is -1.02. The molecule has 2 rings (SSSR count). The average molecular weight is 369 g/mol. The van der Waals surface area contributed by atoms with Gasteiger partial charge in [0.15, 0.2) is 5.82 Å². The molecule has 0 amide bonds. The lowest BCUT2D eigenvalue weighted by Gasteiger charge is -2.29. The number of nitrogens with zero attached hydrogens (tertiary/aromatic N) is 3. The predicted molar refractivity (Wildman–Crippen MR) is 99.3 cm³/mol. The zero-order valence-corrected chi connectivity index (χ0v) is 15.4. The van der Waals surface area contributed by atoms with Crippen molar-refractivity contribution in [1.82, 2.24) is 14.9 Å². The number of aliphatic hydroxyl groups is 2. The van der Waals surface area contributed by atoms with Gasteiger partial charge in [-0.1, -0.05) is 0 Å². The van der Waals surface area contributed by atoms with E-state index in [2.05, 4.69) is 34.0 Å². The van der Waals surface area contributed by atoms with E-state index in [0.717, 1.165) is 0 Å². The lowest BCUT2D eigenvalue weighted by molar-refractivity contribution is -0.0152. The first kappa shape index (κ1) is 20.7. The van der Waals surface area contributed by atoms with Crippen molar-refractivity contribution in [3.63, 3.8) is 0 Å². The third kappa shape index (κ3) is 4.78. The Morgan fingerprint density at radius 3 is 2.54 bits per heavy atom. The molecule has 1 aliphatic heterocycles. The summed E-state index contributed by atoms with van der Waals surface area (Å²) in [7, 11) is 0. The molecule has 0 spiro atoms. The molecule has 0 saturated carbocycles. The quantitative estimate of drug-likeness (QED) is 0.270. The number of aromatic nitrogens is 2. The first-order valence-electron chi connectivity index (χ1n) is 8.88. The van der Waals surface area contributed by atoms with E-state index in [0.29, 0.717) is 31.0 Å². The van der Waals surface area contributed by atoms with Crippen molar-refractivity contribution in [3.05, 3.63) is 12.0 Å². The third-order valence-corrected chi connectivity index (χ3v) is 4.65. The van der Waals surface area contributed by atoms with Crippen molar-refractivity contribution in [2.45, 2.75) is 50.7 Å². The highest BCUT2D eigenvalue weighted by atomic mass is 16.5. The monoisotopic (exact) mass is 369 g/mol. The number of aliphatic hydroxyl groups excluding tert-OH is 2. The fourth-order valence-corrected chi connectivity index (χ4v) is 3.18. The molecular formula is C16H31N7O3. The standard InChI is InChI=1S/C16H31N7O3/c1-9(2)23(4-3-17)6-12-15(25)14(24)11(26-12)5-10-13(20-7-18)16(19)22-8-21-10/h8-9,11-12,14-15,20,24-25H,3-7,17-18H2,1-2H3,(H2,19,21,22)/t11-,12+,14-,15+/m0/s1. The van der Waals surface area contributed by atoms with Gasteiger partial charge in [-0.25, -0.2) is 9.97 Å². The van der Waals surface area contributed by atoms with Crippen LogP contribution in [0.2, 0.25) is 0 Å². The van der Waals surface area contributed by atoms with Gasteiger partial charge in [0, 0.05) is 32.1 Å². The van der Waals surface area contributed by atoms with Crippen molar-refractivity contribution < 1.29 is 14.9 Å². The molecule has 0 bridgehead atoms. The smallest absolute Gasteiger partial charge is 0.150 e. The Morgan fingerprint density at radius 1 is 1.23 bits per heavy atom. The van der Waals surface area contributed by atoms with Crippen molar-refractivity contribution in [1.29, 1.82) is 0 Å². The van der Waals surface area contributed by atoms with Gasteiger partial charge >= 0.3 is 0 Å². The van der Waals surface area contributed by atoms with E-state index in [1.165, 1.54) is 6.33 Å². The van der Waals surface area contributed by atoms with Crippen LogP contribution in [0.1, 0.15) is 19.5 Å². The number of anilines is 2. The maximum atomic E-state index is 10.4. The fourth-order valence-electron chi connectivity index (χ4n) is 3.18. The molecule has 1 aliphatic rings. The molecule has 2 heterocycles. The minimum Gasteiger partial charge on any atom is -0.388 e. The molecule has 148 valence electrons. The lowest BCUT2D eigenvalue weighted by Crippen LogP contribution is -2.44. The zero-order chi connectivity index (χ0) is 19.3. The van der Waals surface area contributed by atoms with Crippen LogP contribution in [0, 0.1) is 0 Å². The highest BCUT2D eigenvalue weighted by Gasteiger charge is 2.43. The topological polar surface area (TPSA) is 169 Å². The van der Waals surface area contributed by atoms with Gasteiger partial charge in [0.1, 0.15) is 18.5 Å². The number of hydrogen-bond acceptors (Lipinski definition) is 10. The van der Waals surface area contributed by atoms with Crippen LogP contribution in [-0.2, 0) is 11.2 Å². The number of nitrogen functional groups attached to an aromatic ring is 1. The van der Waals surface area contributed by atoms with E-state index >= 15 is 0 Å². The third-order valence-electron chi connectivity index (χ3n) is 4.65. The van der Waals surface area contributed by atoms with Gasteiger partial charge < -0.3 is 37.5 Å². The van der Waals surface area contributed by atoms with Crippen LogP contribution >= 0.6 is 0 Å². The van der Waals surface area contributed by atoms with E-state index in [1.807, 2.05) is 0 Å². The molecule has 0 aromatic carbocycles. The summed E-state index contributed by atoms with van der Waals surface area (Å²) in [4.78, 5) is 10.3. The summed E-state index contributed by atoms with van der Waals surface area (Å²) in [6.45, 7) is 5.98. The van der Waals surface area contributed by atoms with Gasteiger partial charge in [0.05, 0.1) is 30.3 Å². The lowest BCUT2D eigenvalue weighted by atomic mass is 10.0. The van der Waals surface area contributed by atoms with Gasteiger partial charge in [0.25, 0.3) is 0 Å². The van der Waals surface area contributed by atoms with Crippen LogP contribution < -0.4 is 22.5 Å². The molecule has 1 aromatic rings. The Hall–Kier alpha value is -1.56. The Morgan fingerprint density at radius 2 is 1.92 bits per heavy atom. The number of rotatable bonds is 9. The second-order valence-corrected chi connectivity index (χ2v) is 6.74. The summed E-state index contributed by atoms with van der Waals surface area (Å²) in [6.07, 6.45) is -1.48. The largest absolute Gasteiger partial charge is 0.388 e. The van der Waals surface area contributed by atoms with Crippen LogP contribution in [0.3, 0.4) is 0 Å². The second kappa shape index (κ2) is 9.40. The summed E-state index contributed by atoms with van der Waals surface area (Å²) in [6, 6.07) is 0.257. The average Bonchev–Trinajstić information content (AvgIpc) is 2.85. The fraction of sp³-hybridized carbons (Fsp3) is 0.750. The summed E-state index contributed by atoms with van der Waals surface area (Å²) in [5.41, 5.74) is 18.2. The van der Waals surface area contributed by atoms with Crippen LogP contribution in [0.15, 0.2) is 6.33 Å². The van der Waals surface area contributed by atoms with E-state index in [4.69, 9.17) is 21.9 Å². The van der Waals surface area contributed by atoms with Crippen LogP contribution in [-0.4, -0.2) is 81.8 Å². The molecule has 4 atom stereocenters. The van der Waals surface area contributed by atoms with E-state index in [9.17, 15) is 10.2 Å². The van der Waals surface area contributed by atoms with Gasteiger partial charge in [-0.05, 0) is 13.8 Å². The number of nitrogens with one attached hydrogen (secondary N) is 1. The van der Waals surface area contributed by atoms with Crippen molar-refractivity contribution in [3.8, 4) is 0 Å². The molecule has 10 nitrogen and oxygen atoms in total. The molecule has 0 unspecified atom stereocenters. The predicted octanol–water partition coefficient (Wildman–Crippen LogP) is -1.91. The maximum Gasteiger partial charge on any atom is 0.150 e. The summed E-state index contributed by atoms with van der Waals surface area (Å²) in [5, 5.41) is 23.8. The Labute approximate surface area is 153 Å². The molecule has 10 heteroatoms. The SMILES string of the molecule is CC(C)N(CCN)C[C@H]1O[C@@H](Cc2ncnc(N)c2NCN)[C@H](O)[C@@H]1O. The maximum absolute atomic E-state index is 10.4. The van der Waals surface area contributed by atoms with Crippen molar-refractivity contribution in [2.75, 3.05) is 37.4 Å². The molecule has 0 radical (unpaired) electrons. The highest BCUT2D eigenvalue weighted by Crippen LogP contribution is 2.28. The first-order valence-corrected chi connectivity index (χ1v) is 8.88. The number of ether oxygens (including phenoxy) is 1. The van der Waals surface area contributed by atoms with Gasteiger partial charge in [0.2, 0.25) is 0 Å². The zero-order valence-electron chi connectivity index (χ0n) is 15.4. The summed E-state index contributed by atoms with van der Waals surface area (Å²) in [5.74, 6) is 0.277. The second-order valence-electron chi connectivity index (χ2n) is 6.74. The van der Waals surface area contributed by atoms with E-state index < -0.39 is 24.4 Å². The number of hydrogen-bond donors (Lipinski definition) is 6. The minimum absolute atomic E-state index is 0.173. The first-order chi connectivity index (χ1) is 12.4. The Bertz CT molecular complexity index is 575. The van der Waals surface area contributed by atoms with Gasteiger partial charge in [-0.15, -0.1) is 0 Å². The van der Waals surface area contributed by atoms with E-state index in [-0.39, 0.29) is 24.9 Å². The Balaban J connectivity index is 2.09. The van der Waals surface area contributed by atoms with Crippen molar-refractivity contribution in [2.24, 2.45) is 11.5 Å². The molecular weight excluding hydrogens is 338 g/mol. The molecule has 0 aliphatic carbocycles. The molecule has 9 N–H and O–H groups in total. The molecule has 1 aromatic heterocycles. The van der Waals surface area contributed by atoms with E-state index in [1.54, 1.807) is 0 Å². The van der Waals surface area contributed by atoms with Gasteiger partial charge in [-0.3, -0.25) is 4.90 Å². The highest BCUT2D eigenvalue weighted by molar-refractivity contribution is 5.64. The molecule has 1 fully saturated rings. The molecule has 26 heavy (non-hydrogen) atoms. The van der Waals surface area contributed by atoms with Crippen LogP contribution in [0.25, 0.3) is 0 Å². The summed E-state index contributed by atoms with van der Waals surface area (Å²) < 4.78 is 5.95. The number of nitrogens with two attached hydrogens (primary N) is 3. The summed E-state index contributed by atoms with van der Waals surface area (Å²) >= 11 is 0. The Kier molecular flexibility index (Phi) is 7.50. The van der Waals surface area contributed by atoms with Crippen LogP contribution in [0.4, 0.5) is 11.5 Å². The normalized spacial score (nSPS) is 26.0. The van der Waals surface area contributed by atoms with Crippen molar-refractivity contribution >= 4 is 11.5 Å². The molecule has 1 saturated heterocycles.